The van der Waals surface area contributed by atoms with E-state index < -0.39 is 12.0 Å². The second-order valence-corrected chi connectivity index (χ2v) is 14.4. The number of benzene rings is 3. The van der Waals surface area contributed by atoms with Crippen molar-refractivity contribution in [1.82, 2.24) is 9.55 Å². The van der Waals surface area contributed by atoms with Gasteiger partial charge in [0.1, 0.15) is 5.76 Å². The molecule has 13 heteroatoms. The molecule has 0 fully saturated rings. The van der Waals surface area contributed by atoms with E-state index in [4.69, 9.17) is 14.1 Å². The van der Waals surface area contributed by atoms with Gasteiger partial charge in [-0.05, 0) is 73.6 Å². The van der Waals surface area contributed by atoms with Gasteiger partial charge in [-0.2, -0.15) is 0 Å². The number of ether oxygens (including phenoxy) is 1. The lowest BCUT2D eigenvalue weighted by molar-refractivity contribution is -0.139. The highest BCUT2D eigenvalue weighted by molar-refractivity contribution is 8.01. The summed E-state index contributed by atoms with van der Waals surface area (Å²) in [5, 5.41) is 0.571. The van der Waals surface area contributed by atoms with Gasteiger partial charge in [0.15, 0.2) is 14.2 Å². The number of nitrogens with zero attached hydrogens (tertiary/aromatic N) is 4. The number of thiazole rings is 2. The predicted octanol–water partition coefficient (Wildman–Crippen LogP) is 5.95. The van der Waals surface area contributed by atoms with E-state index in [9.17, 15) is 19.2 Å². The normalized spacial score (nSPS) is 15.9. The third-order valence-electron chi connectivity index (χ3n) is 8.10. The maximum Gasteiger partial charge on any atom is 0.338 e. The minimum absolute atomic E-state index is 0.203. The Balaban J connectivity index is 1.07. The van der Waals surface area contributed by atoms with Crippen LogP contribution >= 0.6 is 34.4 Å². The number of amides is 2. The maximum atomic E-state index is 13.9. The standard InChI is InChI=1S/C36H24N4O6S3/c1-3-45-34(44)29-19(2)37-35-40(30(29)20-9-5-4-6-10-20)33(43)27(47-35)18-22-14-16-28(46-22)49-36-38-25-15-13-21(17-26(25)48-36)39-31(41)23-11-7-8-12-24(23)32(39)42/h4-18,30H,3H2,1-2H3/b27-18-/t30-/m0/s1. The van der Waals surface area contributed by atoms with Gasteiger partial charge in [0.25, 0.3) is 17.4 Å². The molecule has 10 nitrogen and oxygen atoms in total. The fourth-order valence-corrected chi connectivity index (χ4v) is 8.95. The molecule has 242 valence electrons. The van der Waals surface area contributed by atoms with Crippen LogP contribution in [0.15, 0.2) is 120 Å². The van der Waals surface area contributed by atoms with E-state index in [1.54, 1.807) is 79.1 Å². The van der Waals surface area contributed by atoms with E-state index in [-0.39, 0.29) is 24.0 Å². The summed E-state index contributed by atoms with van der Waals surface area (Å²) in [5.74, 6) is -0.729. The number of allylic oxidation sites excluding steroid dienone is 1. The fourth-order valence-electron chi connectivity index (χ4n) is 5.92. The molecule has 0 aliphatic carbocycles. The molecule has 2 aliphatic heterocycles. The summed E-state index contributed by atoms with van der Waals surface area (Å²) in [7, 11) is 0. The van der Waals surface area contributed by atoms with E-state index in [0.717, 1.165) is 15.8 Å². The zero-order chi connectivity index (χ0) is 33.8. The van der Waals surface area contributed by atoms with Gasteiger partial charge in [-0.3, -0.25) is 19.0 Å². The van der Waals surface area contributed by atoms with Crippen molar-refractivity contribution in [2.24, 2.45) is 4.99 Å². The molecule has 2 amide bonds. The second kappa shape index (κ2) is 12.3. The summed E-state index contributed by atoms with van der Waals surface area (Å²) in [6.07, 6.45) is 1.67. The van der Waals surface area contributed by atoms with Gasteiger partial charge in [0.2, 0.25) is 0 Å². The van der Waals surface area contributed by atoms with Crippen LogP contribution in [0.1, 0.15) is 51.9 Å². The van der Waals surface area contributed by atoms with Gasteiger partial charge in [-0.15, -0.1) is 11.3 Å². The third-order valence-corrected chi connectivity index (χ3v) is 11.1. The molecule has 0 saturated heterocycles. The zero-order valence-corrected chi connectivity index (χ0v) is 28.4. The Kier molecular flexibility index (Phi) is 7.74. The highest BCUT2D eigenvalue weighted by Gasteiger charge is 2.36. The van der Waals surface area contributed by atoms with Crippen LogP contribution in [0, 0.1) is 0 Å². The number of furan rings is 1. The Morgan fingerprint density at radius 1 is 0.959 bits per heavy atom. The van der Waals surface area contributed by atoms with E-state index in [1.165, 1.54) is 39.3 Å². The first-order valence-corrected chi connectivity index (χ1v) is 17.7. The zero-order valence-electron chi connectivity index (χ0n) is 25.9. The molecule has 8 rings (SSSR count). The number of hydrogen-bond acceptors (Lipinski definition) is 11. The molecule has 0 N–H and O–H groups in total. The maximum absolute atomic E-state index is 13.9. The smallest absolute Gasteiger partial charge is 0.338 e. The molecule has 0 saturated carbocycles. The highest BCUT2D eigenvalue weighted by Crippen LogP contribution is 2.38. The van der Waals surface area contributed by atoms with Crippen molar-refractivity contribution in [3.05, 3.63) is 138 Å². The number of aromatic nitrogens is 2. The minimum atomic E-state index is -0.682. The molecule has 0 bridgehead atoms. The first kappa shape index (κ1) is 30.9. The number of hydrogen-bond donors (Lipinski definition) is 0. The lowest BCUT2D eigenvalue weighted by Crippen LogP contribution is -2.39. The van der Waals surface area contributed by atoms with Crippen LogP contribution in [0.4, 0.5) is 5.69 Å². The van der Waals surface area contributed by atoms with Gasteiger partial charge in [0.05, 0.1) is 55.5 Å². The summed E-state index contributed by atoms with van der Waals surface area (Å²) < 4.78 is 14.9. The molecule has 5 heterocycles. The molecular weight excluding hydrogens is 681 g/mol. The monoisotopic (exact) mass is 704 g/mol. The van der Waals surface area contributed by atoms with Crippen molar-refractivity contribution < 1.29 is 23.5 Å². The van der Waals surface area contributed by atoms with Crippen LogP contribution in [0.3, 0.4) is 0 Å². The Morgan fingerprint density at radius 2 is 1.69 bits per heavy atom. The molecule has 0 unspecified atom stereocenters. The van der Waals surface area contributed by atoms with E-state index in [2.05, 4.69) is 4.99 Å². The van der Waals surface area contributed by atoms with Crippen molar-refractivity contribution in [3.8, 4) is 0 Å². The van der Waals surface area contributed by atoms with E-state index in [1.807, 2.05) is 30.3 Å². The van der Waals surface area contributed by atoms with Crippen LogP contribution in [-0.2, 0) is 9.53 Å². The number of rotatable bonds is 7. The number of carbonyl (C=O) groups excluding carboxylic acids is 3. The molecule has 0 spiro atoms. The third kappa shape index (κ3) is 5.36. The van der Waals surface area contributed by atoms with Crippen molar-refractivity contribution in [3.63, 3.8) is 0 Å². The molecule has 49 heavy (non-hydrogen) atoms. The topological polar surface area (TPSA) is 124 Å². The molecule has 0 radical (unpaired) electrons. The number of imide groups is 1. The molecule has 6 aromatic rings. The Labute approximate surface area is 290 Å². The van der Waals surface area contributed by atoms with Gasteiger partial charge < -0.3 is 9.15 Å². The van der Waals surface area contributed by atoms with Gasteiger partial charge >= 0.3 is 5.97 Å². The largest absolute Gasteiger partial charge is 0.463 e. The fraction of sp³-hybridized carbons (Fsp3) is 0.111. The van der Waals surface area contributed by atoms with Crippen molar-refractivity contribution >= 4 is 74.2 Å². The molecule has 2 aliphatic rings. The van der Waals surface area contributed by atoms with Gasteiger partial charge in [-0.25, -0.2) is 19.7 Å². The Morgan fingerprint density at radius 3 is 2.43 bits per heavy atom. The summed E-state index contributed by atoms with van der Waals surface area (Å²) in [5.41, 5.74) is 3.31. The second-order valence-electron chi connectivity index (χ2n) is 11.1. The van der Waals surface area contributed by atoms with Crippen LogP contribution < -0.4 is 19.8 Å². The summed E-state index contributed by atoms with van der Waals surface area (Å²) in [6, 6.07) is 24.4. The Hall–Kier alpha value is -5.37. The van der Waals surface area contributed by atoms with Gasteiger partial charge in [-0.1, -0.05) is 53.8 Å². The lowest BCUT2D eigenvalue weighted by Gasteiger charge is -2.24. The van der Waals surface area contributed by atoms with E-state index >= 15 is 0 Å². The number of carbonyl (C=O) groups is 3. The van der Waals surface area contributed by atoms with E-state index in [0.29, 0.717) is 52.6 Å². The summed E-state index contributed by atoms with van der Waals surface area (Å²) in [6.45, 7) is 3.70. The molecule has 3 aromatic heterocycles. The number of fused-ring (bicyclic) bond motifs is 3. The quantitative estimate of drug-likeness (QED) is 0.148. The van der Waals surface area contributed by atoms with Crippen LogP contribution in [0.2, 0.25) is 0 Å². The SMILES string of the molecule is CCOC(=O)C1=C(C)N=c2s/c(=C\c3ccc(Sc4nc5ccc(N6C(=O)c7ccccc7C6=O)cc5s4)o3)c(=O)n2[C@H]1c1ccccc1. The summed E-state index contributed by atoms with van der Waals surface area (Å²) in [4.78, 5) is 63.9. The number of esters is 1. The van der Waals surface area contributed by atoms with Crippen molar-refractivity contribution in [2.75, 3.05) is 11.5 Å². The Bertz CT molecular complexity index is 2530. The molecule has 1 atom stereocenters. The predicted molar refractivity (Wildman–Crippen MR) is 187 cm³/mol. The first-order chi connectivity index (χ1) is 23.8. The van der Waals surface area contributed by atoms with Crippen molar-refractivity contribution in [1.29, 1.82) is 0 Å². The average Bonchev–Trinajstić information content (AvgIpc) is 3.85. The molecule has 3 aromatic carbocycles. The summed E-state index contributed by atoms with van der Waals surface area (Å²) >= 11 is 3.97. The first-order valence-electron chi connectivity index (χ1n) is 15.2. The average molecular weight is 705 g/mol. The molecular formula is C36H24N4O6S3. The van der Waals surface area contributed by atoms with Crippen LogP contribution in [-0.4, -0.2) is 33.9 Å². The highest BCUT2D eigenvalue weighted by atomic mass is 32.2. The van der Waals surface area contributed by atoms with Gasteiger partial charge in [0, 0.05) is 6.08 Å². The van der Waals surface area contributed by atoms with Crippen molar-refractivity contribution in [2.45, 2.75) is 29.3 Å². The number of anilines is 1. The van der Waals surface area contributed by atoms with Crippen LogP contribution in [0.5, 0.6) is 0 Å². The minimum Gasteiger partial charge on any atom is -0.463 e. The lowest BCUT2D eigenvalue weighted by atomic mass is 9.96. The van der Waals surface area contributed by atoms with Crippen LogP contribution in [0.25, 0.3) is 16.3 Å².